The summed E-state index contributed by atoms with van der Waals surface area (Å²) in [4.78, 5) is 13.3. The van der Waals surface area contributed by atoms with Crippen molar-refractivity contribution in [1.82, 2.24) is 15.0 Å². The van der Waals surface area contributed by atoms with Crippen LogP contribution in [0.5, 0.6) is 0 Å². The Hall–Kier alpha value is -0.660. The summed E-state index contributed by atoms with van der Waals surface area (Å²) in [6.45, 7) is 1.41. The fourth-order valence-electron chi connectivity index (χ4n) is 2.02. The van der Waals surface area contributed by atoms with Crippen molar-refractivity contribution >= 4 is 17.0 Å². The molecule has 0 aromatic carbocycles. The topological polar surface area (TPSA) is 87.5 Å². The van der Waals surface area contributed by atoms with Crippen molar-refractivity contribution < 1.29 is 9.00 Å². The minimum atomic E-state index is -0.987. The number of hydrogen-bond acceptors (Lipinski definition) is 3. The first-order chi connectivity index (χ1) is 7.65. The maximum atomic E-state index is 11.5. The fraction of sp³-hybridized carbons (Fsp3) is 0.889. The van der Waals surface area contributed by atoms with E-state index >= 15 is 0 Å². The van der Waals surface area contributed by atoms with E-state index in [4.69, 9.17) is 5.84 Å². The lowest BCUT2D eigenvalue weighted by molar-refractivity contribution is 0.147. The smallest absolute Gasteiger partial charge is 0.321 e. The summed E-state index contributed by atoms with van der Waals surface area (Å²) in [5.74, 6) is 5.14. The van der Waals surface area contributed by atoms with Crippen LogP contribution >= 0.6 is 0 Å². The van der Waals surface area contributed by atoms with E-state index in [2.05, 4.69) is 10.1 Å². The second-order valence-electron chi connectivity index (χ2n) is 3.93. The highest BCUT2D eigenvalue weighted by atomic mass is 32.2. The molecule has 0 saturated carbocycles. The molecule has 1 heterocycles. The molecule has 0 spiro atoms. The van der Waals surface area contributed by atoms with Crippen LogP contribution in [0, 0.1) is 0 Å². The second kappa shape index (κ2) is 6.82. The maximum Gasteiger partial charge on any atom is 0.331 e. The van der Waals surface area contributed by atoms with Crippen LogP contribution in [0.3, 0.4) is 0 Å². The molecule has 1 rings (SSSR count). The normalized spacial score (nSPS) is 22.9. The average Bonchev–Trinajstić information content (AvgIpc) is 2.28. The van der Waals surface area contributed by atoms with Gasteiger partial charge in [0.2, 0.25) is 0 Å². The molecule has 7 heteroatoms. The molecule has 0 radical (unpaired) electrons. The second-order valence-corrected chi connectivity index (χ2v) is 5.13. The van der Waals surface area contributed by atoms with Crippen LogP contribution < -0.4 is 16.0 Å². The highest BCUT2D eigenvalue weighted by molar-refractivity contribution is 7.82. The SMILES string of the molecule is CS(=O)NCCC1CCCCN1C(=O)NN. The third-order valence-electron chi connectivity index (χ3n) is 2.79. The lowest BCUT2D eigenvalue weighted by atomic mass is 10.00. The number of carbonyl (C=O) groups is 1. The van der Waals surface area contributed by atoms with Gasteiger partial charge in [0, 0.05) is 25.4 Å². The summed E-state index contributed by atoms with van der Waals surface area (Å²) in [6.07, 6.45) is 5.56. The molecular formula is C9H20N4O2S. The van der Waals surface area contributed by atoms with Gasteiger partial charge in [-0.15, -0.1) is 0 Å². The molecule has 1 aliphatic heterocycles. The molecule has 0 bridgehead atoms. The van der Waals surface area contributed by atoms with Crippen LogP contribution in [0.1, 0.15) is 25.7 Å². The van der Waals surface area contributed by atoms with Crippen LogP contribution in [0.15, 0.2) is 0 Å². The standard InChI is InChI=1S/C9H20N4O2S/c1-16(15)11-6-5-8-4-2-3-7-13(8)9(14)12-10/h8,11H,2-7,10H2,1H3,(H,12,14). The molecule has 16 heavy (non-hydrogen) atoms. The van der Waals surface area contributed by atoms with Crippen molar-refractivity contribution in [2.24, 2.45) is 5.84 Å². The number of amides is 2. The van der Waals surface area contributed by atoms with Gasteiger partial charge in [-0.25, -0.2) is 19.6 Å². The van der Waals surface area contributed by atoms with E-state index in [1.807, 2.05) is 0 Å². The van der Waals surface area contributed by atoms with Crippen LogP contribution in [0.4, 0.5) is 4.79 Å². The van der Waals surface area contributed by atoms with Gasteiger partial charge in [0.25, 0.3) is 0 Å². The molecular weight excluding hydrogens is 228 g/mol. The maximum absolute atomic E-state index is 11.5. The Morgan fingerprint density at radius 2 is 2.31 bits per heavy atom. The number of nitrogens with zero attached hydrogens (tertiary/aromatic N) is 1. The van der Waals surface area contributed by atoms with Crippen molar-refractivity contribution in [3.63, 3.8) is 0 Å². The zero-order valence-corrected chi connectivity index (χ0v) is 10.4. The molecule has 2 amide bonds. The van der Waals surface area contributed by atoms with Crippen molar-refractivity contribution in [2.45, 2.75) is 31.7 Å². The highest BCUT2D eigenvalue weighted by Crippen LogP contribution is 2.19. The summed E-state index contributed by atoms with van der Waals surface area (Å²) >= 11 is 0. The lowest BCUT2D eigenvalue weighted by Gasteiger charge is -2.35. The van der Waals surface area contributed by atoms with Crippen LogP contribution in [-0.2, 0) is 11.0 Å². The Bertz CT molecular complexity index is 262. The average molecular weight is 248 g/mol. The van der Waals surface area contributed by atoms with Gasteiger partial charge in [0.1, 0.15) is 0 Å². The minimum absolute atomic E-state index is 0.202. The lowest BCUT2D eigenvalue weighted by Crippen LogP contribution is -2.51. The van der Waals surface area contributed by atoms with E-state index in [-0.39, 0.29) is 12.1 Å². The van der Waals surface area contributed by atoms with E-state index in [9.17, 15) is 9.00 Å². The molecule has 1 saturated heterocycles. The number of rotatable bonds is 4. The number of piperidine rings is 1. The van der Waals surface area contributed by atoms with Gasteiger partial charge in [0.15, 0.2) is 0 Å². The Labute approximate surface area is 98.5 Å². The zero-order valence-electron chi connectivity index (χ0n) is 9.57. The van der Waals surface area contributed by atoms with Gasteiger partial charge in [-0.2, -0.15) is 0 Å². The van der Waals surface area contributed by atoms with Crippen LogP contribution in [0.2, 0.25) is 0 Å². The van der Waals surface area contributed by atoms with Crippen LogP contribution in [-0.4, -0.2) is 40.5 Å². The van der Waals surface area contributed by atoms with Crippen molar-refractivity contribution in [1.29, 1.82) is 0 Å². The van der Waals surface area contributed by atoms with Crippen molar-refractivity contribution in [2.75, 3.05) is 19.3 Å². The molecule has 1 fully saturated rings. The predicted molar refractivity (Wildman–Crippen MR) is 63.8 cm³/mol. The number of hydrogen-bond donors (Lipinski definition) is 3. The molecule has 0 aromatic rings. The van der Waals surface area contributed by atoms with E-state index in [1.165, 1.54) is 0 Å². The van der Waals surface area contributed by atoms with Gasteiger partial charge >= 0.3 is 6.03 Å². The number of likely N-dealkylation sites (tertiary alicyclic amines) is 1. The largest absolute Gasteiger partial charge is 0.331 e. The van der Waals surface area contributed by atoms with Crippen molar-refractivity contribution in [3.8, 4) is 0 Å². The zero-order chi connectivity index (χ0) is 12.0. The minimum Gasteiger partial charge on any atom is -0.321 e. The molecule has 2 unspecified atom stereocenters. The first-order valence-corrected chi connectivity index (χ1v) is 7.05. The Balaban J connectivity index is 2.40. The van der Waals surface area contributed by atoms with E-state index < -0.39 is 11.0 Å². The summed E-state index contributed by atoms with van der Waals surface area (Å²) in [5, 5.41) is 0. The Kier molecular flexibility index (Phi) is 5.72. The summed E-state index contributed by atoms with van der Waals surface area (Å²) < 4.78 is 13.7. The first kappa shape index (κ1) is 13.4. The summed E-state index contributed by atoms with van der Waals surface area (Å²) in [7, 11) is -0.987. The molecule has 6 nitrogen and oxygen atoms in total. The van der Waals surface area contributed by atoms with E-state index in [0.717, 1.165) is 32.2 Å². The van der Waals surface area contributed by atoms with E-state index in [0.29, 0.717) is 6.54 Å². The monoisotopic (exact) mass is 248 g/mol. The third kappa shape index (κ3) is 4.07. The highest BCUT2D eigenvalue weighted by Gasteiger charge is 2.25. The molecule has 0 aliphatic carbocycles. The number of hydrazine groups is 1. The molecule has 1 aliphatic rings. The fourth-order valence-corrected chi connectivity index (χ4v) is 2.43. The van der Waals surface area contributed by atoms with Gasteiger partial charge in [0.05, 0.1) is 11.0 Å². The Morgan fingerprint density at radius 1 is 1.56 bits per heavy atom. The Morgan fingerprint density at radius 3 is 2.94 bits per heavy atom. The quantitative estimate of drug-likeness (QED) is 0.362. The summed E-state index contributed by atoms with van der Waals surface area (Å²) in [5.41, 5.74) is 2.17. The van der Waals surface area contributed by atoms with Gasteiger partial charge in [-0.1, -0.05) is 0 Å². The van der Waals surface area contributed by atoms with E-state index in [1.54, 1.807) is 11.2 Å². The third-order valence-corrected chi connectivity index (χ3v) is 3.41. The number of nitrogens with two attached hydrogens (primary N) is 1. The molecule has 2 atom stereocenters. The first-order valence-electron chi connectivity index (χ1n) is 5.49. The number of urea groups is 1. The van der Waals surface area contributed by atoms with Crippen molar-refractivity contribution in [3.05, 3.63) is 0 Å². The van der Waals surface area contributed by atoms with Gasteiger partial charge in [-0.3, -0.25) is 5.43 Å². The predicted octanol–water partition coefficient (Wildman–Crippen LogP) is -0.303. The van der Waals surface area contributed by atoms with Crippen LogP contribution in [0.25, 0.3) is 0 Å². The summed E-state index contributed by atoms with van der Waals surface area (Å²) in [6, 6.07) is -0.0179. The van der Waals surface area contributed by atoms with Gasteiger partial charge < -0.3 is 4.90 Å². The van der Waals surface area contributed by atoms with Gasteiger partial charge in [-0.05, 0) is 25.7 Å². The number of nitrogens with one attached hydrogen (secondary N) is 2. The molecule has 0 aromatic heterocycles. The molecule has 4 N–H and O–H groups in total. The number of carbonyl (C=O) groups excluding carboxylic acids is 1. The molecule has 94 valence electrons.